The van der Waals surface area contributed by atoms with Crippen molar-refractivity contribution in [3.05, 3.63) is 166 Å². The molecule has 0 aromatic heterocycles. The van der Waals surface area contributed by atoms with Crippen LogP contribution in [-0.2, 0) is 17.1 Å². The van der Waals surface area contributed by atoms with Gasteiger partial charge in [-0.2, -0.15) is 6.07 Å². The van der Waals surface area contributed by atoms with Crippen molar-refractivity contribution in [2.24, 2.45) is 0 Å². The Labute approximate surface area is 284 Å². The molecule has 0 spiro atoms. The maximum absolute atomic E-state index is 2.43. The molecule has 0 unspecified atom stereocenters. The first-order chi connectivity index (χ1) is 21.2. The second-order valence-electron chi connectivity index (χ2n) is 11.8. The zero-order chi connectivity index (χ0) is 31.4. The van der Waals surface area contributed by atoms with Gasteiger partial charge >= 0.3 is 0 Å². The molecular weight excluding hydrogens is 622 g/mol. The molecule has 0 nitrogen and oxygen atoms in total. The van der Waals surface area contributed by atoms with Crippen molar-refractivity contribution in [1.29, 1.82) is 0 Å². The average Bonchev–Trinajstić information content (AvgIpc) is 3.74. The number of rotatable bonds is 6. The third kappa shape index (κ3) is 7.35. The van der Waals surface area contributed by atoms with Gasteiger partial charge in [0.1, 0.15) is 0 Å². The van der Waals surface area contributed by atoms with E-state index in [9.17, 15) is 0 Å². The Hall–Kier alpha value is -3.04. The zero-order valence-electron chi connectivity index (χ0n) is 27.8. The van der Waals surface area contributed by atoms with Crippen molar-refractivity contribution in [1.82, 2.24) is 0 Å². The molecule has 0 fully saturated rings. The SMILES string of the molecule is Cc1cccc(P(c2cccc(C)c2C)c2ccc[c-]2P(c2cccc(C)c2C)c2cccc(C)c2C)c1C.[Fe].[cH-]1[cH-][cH-][cH-][cH-]1. The second kappa shape index (κ2) is 15.5. The molecule has 6 aromatic rings. The second-order valence-corrected chi connectivity index (χ2v) is 16.0. The summed E-state index contributed by atoms with van der Waals surface area (Å²) < 4.78 is 0. The number of hydrogen-bond donors (Lipinski definition) is 0. The summed E-state index contributed by atoms with van der Waals surface area (Å²) in [5.41, 5.74) is 11.1. The fourth-order valence-corrected chi connectivity index (χ4v) is 12.0. The van der Waals surface area contributed by atoms with Crippen molar-refractivity contribution in [3.8, 4) is 0 Å². The van der Waals surface area contributed by atoms with Crippen molar-refractivity contribution < 1.29 is 17.1 Å². The van der Waals surface area contributed by atoms with E-state index in [0.717, 1.165) is 0 Å². The predicted octanol–water partition coefficient (Wildman–Crippen LogP) is 8.79. The van der Waals surface area contributed by atoms with Crippen molar-refractivity contribution in [2.75, 3.05) is 0 Å². The number of benzene rings is 4. The maximum atomic E-state index is 2.43. The zero-order valence-corrected chi connectivity index (χ0v) is 30.7. The smallest absolute Gasteiger partial charge is 0 e. The average molecular weight is 667 g/mol. The molecule has 0 aliphatic carbocycles. The summed E-state index contributed by atoms with van der Waals surface area (Å²) in [7, 11) is -1.47. The maximum Gasteiger partial charge on any atom is 0 e. The van der Waals surface area contributed by atoms with Crippen LogP contribution in [0.5, 0.6) is 0 Å². The largest absolute Gasteiger partial charge is 0.748 e. The van der Waals surface area contributed by atoms with E-state index in [1.54, 1.807) is 0 Å². The summed E-state index contributed by atoms with van der Waals surface area (Å²) in [5.74, 6) is 0. The minimum Gasteiger partial charge on any atom is -0.748 e. The van der Waals surface area contributed by atoms with Gasteiger partial charge in [0.2, 0.25) is 0 Å². The van der Waals surface area contributed by atoms with E-state index >= 15 is 0 Å². The van der Waals surface area contributed by atoms with Gasteiger partial charge < -0.3 is 30.3 Å². The summed E-state index contributed by atoms with van der Waals surface area (Å²) in [6.45, 7) is 18.2. The van der Waals surface area contributed by atoms with Gasteiger partial charge in [0.05, 0.1) is 0 Å². The van der Waals surface area contributed by atoms with E-state index in [-0.39, 0.29) is 17.1 Å². The number of hydrogen-bond acceptors (Lipinski definition) is 0. The van der Waals surface area contributed by atoms with Crippen LogP contribution in [0.4, 0.5) is 0 Å². The van der Waals surface area contributed by atoms with Crippen LogP contribution in [0.25, 0.3) is 0 Å². The van der Waals surface area contributed by atoms with E-state index in [2.05, 4.69) is 146 Å². The summed E-state index contributed by atoms with van der Waals surface area (Å²) >= 11 is 0. The molecule has 6 aromatic carbocycles. The topological polar surface area (TPSA) is 0 Å². The molecule has 0 atom stereocenters. The van der Waals surface area contributed by atoms with Gasteiger partial charge in [-0.15, -0.1) is 10.6 Å². The molecule has 0 aliphatic rings. The van der Waals surface area contributed by atoms with E-state index in [1.165, 1.54) is 76.3 Å². The Bertz CT molecular complexity index is 1620. The molecule has 0 aliphatic heterocycles. The number of aryl methyl sites for hydroxylation is 4. The molecule has 0 N–H and O–H groups in total. The molecule has 236 valence electrons. The van der Waals surface area contributed by atoms with Gasteiger partial charge in [0.25, 0.3) is 0 Å². The normalized spacial score (nSPS) is 10.9. The van der Waals surface area contributed by atoms with Crippen molar-refractivity contribution >= 4 is 47.7 Å². The van der Waals surface area contributed by atoms with E-state index in [4.69, 9.17) is 0 Å². The Balaban J connectivity index is 0.000000700. The van der Waals surface area contributed by atoms with E-state index in [0.29, 0.717) is 0 Å². The molecule has 0 radical (unpaired) electrons. The van der Waals surface area contributed by atoms with Gasteiger partial charge in [-0.1, -0.05) is 80.7 Å². The molecule has 0 amide bonds. The van der Waals surface area contributed by atoms with Gasteiger partial charge in [-0.3, -0.25) is 0 Å². The summed E-state index contributed by atoms with van der Waals surface area (Å²) in [6, 6.07) is 44.7. The summed E-state index contributed by atoms with van der Waals surface area (Å²) in [6.07, 6.45) is 0. The van der Waals surface area contributed by atoms with E-state index < -0.39 is 15.8 Å². The van der Waals surface area contributed by atoms with Crippen LogP contribution in [0, 0.1) is 55.4 Å². The minimum absolute atomic E-state index is 0. The van der Waals surface area contributed by atoms with Crippen molar-refractivity contribution in [3.63, 3.8) is 0 Å². The quantitative estimate of drug-likeness (QED) is 0.0948. The summed E-state index contributed by atoms with van der Waals surface area (Å²) in [5, 5.41) is 8.90. The Morgan fingerprint density at radius 1 is 0.422 bits per heavy atom. The van der Waals surface area contributed by atoms with Crippen LogP contribution in [0.15, 0.2) is 121 Å². The molecule has 3 heteroatoms. The minimum atomic E-state index is -0.735. The van der Waals surface area contributed by atoms with Crippen LogP contribution < -0.4 is 31.8 Å². The van der Waals surface area contributed by atoms with Gasteiger partial charge in [0.15, 0.2) is 0 Å². The third-order valence-electron chi connectivity index (χ3n) is 9.08. The Morgan fingerprint density at radius 2 is 0.756 bits per heavy atom. The molecule has 0 saturated carbocycles. The van der Waals surface area contributed by atoms with Crippen LogP contribution >= 0.6 is 15.8 Å². The van der Waals surface area contributed by atoms with Gasteiger partial charge in [-0.05, 0) is 129 Å². The predicted molar refractivity (Wildman–Crippen MR) is 199 cm³/mol. The molecule has 0 bridgehead atoms. The molecule has 6 rings (SSSR count). The fraction of sp³-hybridized carbons (Fsp3) is 0.190. The molecule has 45 heavy (non-hydrogen) atoms. The standard InChI is InChI=1S/C37H39P2.C5H5.Fe/c1-24-14-9-18-32(28(24)5)38(33-19-10-15-25(2)29(33)6)36-22-13-23-37(36)39(34-20-11-16-26(3)30(34)7)35-21-12-17-27(4)31(35)8;1-2-4-5-3-1;/h9-23H,1-8H3;1-5H;/q-1;-5;. The Kier molecular flexibility index (Phi) is 12.0. The van der Waals surface area contributed by atoms with Crippen LogP contribution in [-0.4, -0.2) is 0 Å². The molecule has 0 heterocycles. The first-order valence-corrected chi connectivity index (χ1v) is 18.2. The van der Waals surface area contributed by atoms with E-state index in [1.807, 2.05) is 30.3 Å². The Morgan fingerprint density at radius 3 is 1.13 bits per heavy atom. The summed E-state index contributed by atoms with van der Waals surface area (Å²) in [4.78, 5) is 0. The van der Waals surface area contributed by atoms with Crippen LogP contribution in [0.3, 0.4) is 0 Å². The fourth-order valence-electron chi connectivity index (χ4n) is 5.79. The van der Waals surface area contributed by atoms with Gasteiger partial charge in [0, 0.05) is 17.1 Å². The van der Waals surface area contributed by atoms with Crippen molar-refractivity contribution in [2.45, 2.75) is 55.4 Å². The monoisotopic (exact) mass is 666 g/mol. The third-order valence-corrected chi connectivity index (χ3v) is 14.9. The first kappa shape index (κ1) is 34.8. The van der Waals surface area contributed by atoms with Crippen LogP contribution in [0.2, 0.25) is 0 Å². The van der Waals surface area contributed by atoms with Crippen LogP contribution in [0.1, 0.15) is 44.5 Å². The van der Waals surface area contributed by atoms with Gasteiger partial charge in [-0.25, -0.2) is 12.1 Å². The first-order valence-electron chi connectivity index (χ1n) is 15.5. The molecule has 0 saturated heterocycles. The molecular formula is C42H44FeP2-6.